The highest BCUT2D eigenvalue weighted by atomic mass is 79.9. The maximum Gasteiger partial charge on any atom is 0.140 e. The second kappa shape index (κ2) is 6.17. The molecule has 0 radical (unpaired) electrons. The number of hydrogen-bond donors (Lipinski definition) is 1. The van der Waals surface area contributed by atoms with Crippen LogP contribution in [0, 0.1) is 6.92 Å². The molecular formula is C11H15BrN2S2. The normalized spacial score (nSPS) is 20.8. The summed E-state index contributed by atoms with van der Waals surface area (Å²) in [6, 6.07) is 2.01. The SMILES string of the molecule is Cc1ccnc(NCC2CSCCS2)c1Br. The first kappa shape index (κ1) is 12.6. The number of thioether (sulfide) groups is 2. The Morgan fingerprint density at radius 1 is 1.56 bits per heavy atom. The van der Waals surface area contributed by atoms with Gasteiger partial charge in [0.2, 0.25) is 0 Å². The van der Waals surface area contributed by atoms with E-state index < -0.39 is 0 Å². The van der Waals surface area contributed by atoms with Crippen LogP contribution in [0.1, 0.15) is 5.56 Å². The van der Waals surface area contributed by atoms with E-state index in [1.807, 2.05) is 12.3 Å². The summed E-state index contributed by atoms with van der Waals surface area (Å²) in [5.41, 5.74) is 1.23. The molecule has 1 saturated heterocycles. The Balaban J connectivity index is 1.91. The van der Waals surface area contributed by atoms with E-state index in [1.54, 1.807) is 0 Å². The molecule has 16 heavy (non-hydrogen) atoms. The van der Waals surface area contributed by atoms with Crippen molar-refractivity contribution in [1.29, 1.82) is 0 Å². The summed E-state index contributed by atoms with van der Waals surface area (Å²) in [7, 11) is 0. The van der Waals surface area contributed by atoms with Crippen molar-refractivity contribution in [2.75, 3.05) is 29.1 Å². The van der Waals surface area contributed by atoms with Gasteiger partial charge in [-0.1, -0.05) is 0 Å². The maximum atomic E-state index is 4.35. The number of hydrogen-bond acceptors (Lipinski definition) is 4. The number of anilines is 1. The third-order valence-electron chi connectivity index (χ3n) is 2.46. The minimum atomic E-state index is 0.716. The topological polar surface area (TPSA) is 24.9 Å². The van der Waals surface area contributed by atoms with Gasteiger partial charge in [-0.15, -0.1) is 0 Å². The van der Waals surface area contributed by atoms with E-state index in [0.29, 0.717) is 5.25 Å². The van der Waals surface area contributed by atoms with Gasteiger partial charge in [-0.3, -0.25) is 0 Å². The number of nitrogens with one attached hydrogen (secondary N) is 1. The molecule has 5 heteroatoms. The average Bonchev–Trinajstić information content (AvgIpc) is 2.32. The Kier molecular flexibility index (Phi) is 4.85. The fraction of sp³-hybridized carbons (Fsp3) is 0.545. The van der Waals surface area contributed by atoms with E-state index in [2.05, 4.69) is 56.7 Å². The third kappa shape index (κ3) is 3.31. The average molecular weight is 319 g/mol. The zero-order valence-electron chi connectivity index (χ0n) is 9.20. The number of pyridine rings is 1. The van der Waals surface area contributed by atoms with Crippen molar-refractivity contribution in [2.24, 2.45) is 0 Å². The lowest BCUT2D eigenvalue weighted by atomic mass is 10.3. The molecule has 2 nitrogen and oxygen atoms in total. The second-order valence-electron chi connectivity index (χ2n) is 3.74. The molecular weight excluding hydrogens is 304 g/mol. The first-order chi connectivity index (χ1) is 7.77. The number of nitrogens with zero attached hydrogens (tertiary/aromatic N) is 1. The van der Waals surface area contributed by atoms with Gasteiger partial charge in [0.15, 0.2) is 0 Å². The molecule has 2 heterocycles. The molecule has 1 atom stereocenters. The van der Waals surface area contributed by atoms with Gasteiger partial charge in [0.05, 0.1) is 4.47 Å². The van der Waals surface area contributed by atoms with Crippen LogP contribution in [0.5, 0.6) is 0 Å². The highest BCUT2D eigenvalue weighted by molar-refractivity contribution is 9.10. The molecule has 1 aliphatic heterocycles. The third-order valence-corrected chi connectivity index (χ3v) is 6.31. The largest absolute Gasteiger partial charge is 0.368 e. The lowest BCUT2D eigenvalue weighted by Gasteiger charge is -2.21. The monoisotopic (exact) mass is 318 g/mol. The zero-order chi connectivity index (χ0) is 11.4. The predicted octanol–water partition coefficient (Wildman–Crippen LogP) is 3.41. The van der Waals surface area contributed by atoms with Gasteiger partial charge in [-0.25, -0.2) is 4.98 Å². The van der Waals surface area contributed by atoms with Crippen LogP contribution in [0.2, 0.25) is 0 Å². The van der Waals surface area contributed by atoms with E-state index in [-0.39, 0.29) is 0 Å². The molecule has 0 aliphatic carbocycles. The summed E-state index contributed by atoms with van der Waals surface area (Å²) in [5, 5.41) is 4.15. The molecule has 1 N–H and O–H groups in total. The second-order valence-corrected chi connectivity index (χ2v) is 7.09. The van der Waals surface area contributed by atoms with Gasteiger partial charge in [-0.05, 0) is 34.5 Å². The molecule has 0 aromatic carbocycles. The van der Waals surface area contributed by atoms with E-state index in [0.717, 1.165) is 16.8 Å². The highest BCUT2D eigenvalue weighted by Crippen LogP contribution is 2.26. The first-order valence-electron chi connectivity index (χ1n) is 5.31. The van der Waals surface area contributed by atoms with E-state index in [1.165, 1.54) is 22.8 Å². The molecule has 1 aromatic rings. The molecule has 2 rings (SSSR count). The van der Waals surface area contributed by atoms with Crippen molar-refractivity contribution in [1.82, 2.24) is 4.98 Å². The van der Waals surface area contributed by atoms with Crippen LogP contribution < -0.4 is 5.32 Å². The predicted molar refractivity (Wildman–Crippen MR) is 78.7 cm³/mol. The summed E-state index contributed by atoms with van der Waals surface area (Å²) in [6.45, 7) is 3.09. The molecule has 0 spiro atoms. The number of aromatic nitrogens is 1. The van der Waals surface area contributed by atoms with Gasteiger partial charge in [-0.2, -0.15) is 23.5 Å². The minimum absolute atomic E-state index is 0.716. The summed E-state index contributed by atoms with van der Waals surface area (Å²) >= 11 is 7.69. The van der Waals surface area contributed by atoms with Crippen LogP contribution in [0.15, 0.2) is 16.7 Å². The van der Waals surface area contributed by atoms with Crippen LogP contribution in [-0.4, -0.2) is 34.0 Å². The minimum Gasteiger partial charge on any atom is -0.368 e. The smallest absolute Gasteiger partial charge is 0.140 e. The van der Waals surface area contributed by atoms with Gasteiger partial charge < -0.3 is 5.32 Å². The standard InChI is InChI=1S/C11H15BrN2S2/c1-8-2-3-13-11(10(8)12)14-6-9-7-15-4-5-16-9/h2-3,9H,4-7H2,1H3,(H,13,14). The number of halogens is 1. The van der Waals surface area contributed by atoms with Gasteiger partial charge in [0.1, 0.15) is 5.82 Å². The van der Waals surface area contributed by atoms with Gasteiger partial charge in [0, 0.05) is 35.3 Å². The molecule has 1 aromatic heterocycles. The molecule has 0 bridgehead atoms. The summed E-state index contributed by atoms with van der Waals surface area (Å²) in [6.07, 6.45) is 1.85. The fourth-order valence-electron chi connectivity index (χ4n) is 1.53. The van der Waals surface area contributed by atoms with E-state index in [4.69, 9.17) is 0 Å². The van der Waals surface area contributed by atoms with Crippen molar-refractivity contribution in [3.05, 3.63) is 22.3 Å². The molecule has 0 amide bonds. The van der Waals surface area contributed by atoms with Gasteiger partial charge in [0.25, 0.3) is 0 Å². The van der Waals surface area contributed by atoms with Crippen LogP contribution >= 0.6 is 39.5 Å². The highest BCUT2D eigenvalue weighted by Gasteiger charge is 2.14. The molecule has 88 valence electrons. The van der Waals surface area contributed by atoms with Crippen molar-refractivity contribution in [3.63, 3.8) is 0 Å². The van der Waals surface area contributed by atoms with Gasteiger partial charge >= 0.3 is 0 Å². The lowest BCUT2D eigenvalue weighted by Crippen LogP contribution is -2.23. The lowest BCUT2D eigenvalue weighted by molar-refractivity contribution is 0.989. The molecule has 0 saturated carbocycles. The Bertz CT molecular complexity index is 354. The van der Waals surface area contributed by atoms with Crippen LogP contribution in [0.25, 0.3) is 0 Å². The first-order valence-corrected chi connectivity index (χ1v) is 8.31. The Hall–Kier alpha value is 0.130. The van der Waals surface area contributed by atoms with Crippen molar-refractivity contribution < 1.29 is 0 Å². The quantitative estimate of drug-likeness (QED) is 0.923. The molecule has 1 aliphatic rings. The van der Waals surface area contributed by atoms with Crippen LogP contribution in [-0.2, 0) is 0 Å². The molecule has 1 unspecified atom stereocenters. The van der Waals surface area contributed by atoms with E-state index >= 15 is 0 Å². The van der Waals surface area contributed by atoms with Crippen molar-refractivity contribution in [3.8, 4) is 0 Å². The number of aryl methyl sites for hydroxylation is 1. The van der Waals surface area contributed by atoms with Crippen LogP contribution in [0.4, 0.5) is 5.82 Å². The summed E-state index contributed by atoms with van der Waals surface area (Å²) in [4.78, 5) is 4.35. The number of rotatable bonds is 3. The molecule has 1 fully saturated rings. The van der Waals surface area contributed by atoms with Crippen LogP contribution in [0.3, 0.4) is 0 Å². The summed E-state index contributed by atoms with van der Waals surface area (Å²) < 4.78 is 1.09. The zero-order valence-corrected chi connectivity index (χ0v) is 12.4. The van der Waals surface area contributed by atoms with Crippen molar-refractivity contribution in [2.45, 2.75) is 12.2 Å². The Morgan fingerprint density at radius 2 is 2.44 bits per heavy atom. The Labute approximate surface area is 113 Å². The Morgan fingerprint density at radius 3 is 3.19 bits per heavy atom. The van der Waals surface area contributed by atoms with E-state index in [9.17, 15) is 0 Å². The summed E-state index contributed by atoms with van der Waals surface area (Å²) in [5.74, 6) is 4.80. The maximum absolute atomic E-state index is 4.35. The fourth-order valence-corrected chi connectivity index (χ4v) is 4.51. The van der Waals surface area contributed by atoms with Crippen molar-refractivity contribution >= 4 is 45.3 Å².